The molecule has 0 saturated carbocycles. The minimum atomic E-state index is -0.223. The van der Waals surface area contributed by atoms with Gasteiger partial charge >= 0.3 is 0 Å². The molecular formula is C12H22N2O3. The standard InChI is InChI=1S/C12H22N2O3/c1-9-12(2,3-5-16-9)14-11(15)7-10-8-13-4-6-17-10/h9-10,13H,3-8H2,1-2H3,(H,14,15). The van der Waals surface area contributed by atoms with Crippen molar-refractivity contribution in [1.29, 1.82) is 0 Å². The average Bonchev–Trinajstić information content (AvgIpc) is 2.60. The summed E-state index contributed by atoms with van der Waals surface area (Å²) in [6.07, 6.45) is 1.39. The van der Waals surface area contributed by atoms with Crippen LogP contribution in [0.15, 0.2) is 0 Å². The van der Waals surface area contributed by atoms with Gasteiger partial charge in [-0.15, -0.1) is 0 Å². The first-order chi connectivity index (χ1) is 8.10. The van der Waals surface area contributed by atoms with Crippen LogP contribution in [0.5, 0.6) is 0 Å². The third-order valence-corrected chi connectivity index (χ3v) is 3.73. The fourth-order valence-corrected chi connectivity index (χ4v) is 2.33. The summed E-state index contributed by atoms with van der Waals surface area (Å²) in [5.74, 6) is 0.0542. The van der Waals surface area contributed by atoms with Gasteiger partial charge in [0, 0.05) is 19.7 Å². The number of carbonyl (C=O) groups excluding carboxylic acids is 1. The summed E-state index contributed by atoms with van der Waals surface area (Å²) < 4.78 is 11.0. The van der Waals surface area contributed by atoms with Gasteiger partial charge < -0.3 is 20.1 Å². The van der Waals surface area contributed by atoms with Crippen LogP contribution >= 0.6 is 0 Å². The number of ether oxygens (including phenoxy) is 2. The molecule has 5 nitrogen and oxygen atoms in total. The van der Waals surface area contributed by atoms with E-state index >= 15 is 0 Å². The maximum Gasteiger partial charge on any atom is 0.223 e. The van der Waals surface area contributed by atoms with Crippen molar-refractivity contribution in [3.8, 4) is 0 Å². The zero-order valence-electron chi connectivity index (χ0n) is 10.6. The van der Waals surface area contributed by atoms with Gasteiger partial charge in [-0.2, -0.15) is 0 Å². The monoisotopic (exact) mass is 242 g/mol. The van der Waals surface area contributed by atoms with Gasteiger partial charge in [0.2, 0.25) is 5.91 Å². The van der Waals surface area contributed by atoms with Crippen LogP contribution in [0.4, 0.5) is 0 Å². The van der Waals surface area contributed by atoms with E-state index in [9.17, 15) is 4.79 Å². The summed E-state index contributed by atoms with van der Waals surface area (Å²) in [6.45, 7) is 7.10. The van der Waals surface area contributed by atoms with E-state index in [0.29, 0.717) is 13.0 Å². The Hall–Kier alpha value is -0.650. The zero-order valence-corrected chi connectivity index (χ0v) is 10.6. The van der Waals surface area contributed by atoms with Crippen molar-refractivity contribution in [2.75, 3.05) is 26.3 Å². The molecule has 2 N–H and O–H groups in total. The van der Waals surface area contributed by atoms with Gasteiger partial charge in [0.15, 0.2) is 0 Å². The van der Waals surface area contributed by atoms with Crippen molar-refractivity contribution in [3.05, 3.63) is 0 Å². The van der Waals surface area contributed by atoms with E-state index in [1.54, 1.807) is 0 Å². The number of hydrogen-bond acceptors (Lipinski definition) is 4. The Bertz CT molecular complexity index is 279. The molecular weight excluding hydrogens is 220 g/mol. The second-order valence-electron chi connectivity index (χ2n) is 5.13. The zero-order chi connectivity index (χ0) is 12.3. The Morgan fingerprint density at radius 2 is 2.29 bits per heavy atom. The molecule has 98 valence electrons. The summed E-state index contributed by atoms with van der Waals surface area (Å²) in [5.41, 5.74) is -0.223. The molecule has 2 fully saturated rings. The van der Waals surface area contributed by atoms with E-state index in [0.717, 1.165) is 26.1 Å². The molecule has 5 heteroatoms. The molecule has 0 aliphatic carbocycles. The van der Waals surface area contributed by atoms with Gasteiger partial charge in [-0.3, -0.25) is 4.79 Å². The Balaban J connectivity index is 1.80. The van der Waals surface area contributed by atoms with Crippen molar-refractivity contribution in [3.63, 3.8) is 0 Å². The molecule has 2 heterocycles. The van der Waals surface area contributed by atoms with E-state index in [-0.39, 0.29) is 23.7 Å². The smallest absolute Gasteiger partial charge is 0.223 e. The molecule has 0 aromatic rings. The topological polar surface area (TPSA) is 59.6 Å². The fraction of sp³-hybridized carbons (Fsp3) is 0.917. The predicted molar refractivity (Wildman–Crippen MR) is 63.8 cm³/mol. The van der Waals surface area contributed by atoms with Gasteiger partial charge in [-0.05, 0) is 20.3 Å². The average molecular weight is 242 g/mol. The minimum Gasteiger partial charge on any atom is -0.376 e. The molecule has 0 aromatic carbocycles. The van der Waals surface area contributed by atoms with E-state index < -0.39 is 0 Å². The second-order valence-corrected chi connectivity index (χ2v) is 5.13. The number of rotatable bonds is 3. The highest BCUT2D eigenvalue weighted by Crippen LogP contribution is 2.25. The lowest BCUT2D eigenvalue weighted by molar-refractivity contribution is -0.126. The molecule has 0 aromatic heterocycles. The van der Waals surface area contributed by atoms with Crippen LogP contribution in [-0.4, -0.2) is 50.0 Å². The highest BCUT2D eigenvalue weighted by Gasteiger charge is 2.38. The third-order valence-electron chi connectivity index (χ3n) is 3.73. The lowest BCUT2D eigenvalue weighted by atomic mass is 9.94. The van der Waals surface area contributed by atoms with Crippen LogP contribution in [0.2, 0.25) is 0 Å². The highest BCUT2D eigenvalue weighted by atomic mass is 16.5. The van der Waals surface area contributed by atoms with Crippen molar-refractivity contribution >= 4 is 5.91 Å². The Labute approximate surface area is 102 Å². The number of amides is 1. The van der Waals surface area contributed by atoms with Gasteiger partial charge in [-0.1, -0.05) is 0 Å². The number of carbonyl (C=O) groups is 1. The van der Waals surface area contributed by atoms with Crippen molar-refractivity contribution < 1.29 is 14.3 Å². The highest BCUT2D eigenvalue weighted by molar-refractivity contribution is 5.77. The molecule has 1 amide bonds. The largest absolute Gasteiger partial charge is 0.376 e. The molecule has 2 rings (SSSR count). The predicted octanol–water partition coefficient (Wildman–Crippen LogP) is 0.0486. The SMILES string of the molecule is CC1OCCC1(C)NC(=O)CC1CNCCO1. The summed E-state index contributed by atoms with van der Waals surface area (Å²) in [6, 6.07) is 0. The molecule has 3 atom stereocenters. The molecule has 0 radical (unpaired) electrons. The second kappa shape index (κ2) is 5.33. The molecule has 2 aliphatic rings. The maximum absolute atomic E-state index is 11.9. The van der Waals surface area contributed by atoms with Gasteiger partial charge in [0.25, 0.3) is 0 Å². The fourth-order valence-electron chi connectivity index (χ4n) is 2.33. The quantitative estimate of drug-likeness (QED) is 0.734. The first-order valence-corrected chi connectivity index (χ1v) is 6.35. The normalized spacial score (nSPS) is 38.0. The van der Waals surface area contributed by atoms with E-state index in [2.05, 4.69) is 10.6 Å². The van der Waals surface area contributed by atoms with Crippen LogP contribution in [0, 0.1) is 0 Å². The number of morpholine rings is 1. The summed E-state index contributed by atoms with van der Waals surface area (Å²) >= 11 is 0. The lowest BCUT2D eigenvalue weighted by Crippen LogP contribution is -2.52. The third kappa shape index (κ3) is 3.18. The Morgan fingerprint density at radius 1 is 1.47 bits per heavy atom. The van der Waals surface area contributed by atoms with Crippen LogP contribution in [0.25, 0.3) is 0 Å². The van der Waals surface area contributed by atoms with Crippen LogP contribution < -0.4 is 10.6 Å². The molecule has 2 saturated heterocycles. The summed E-state index contributed by atoms with van der Waals surface area (Å²) in [5, 5.41) is 6.30. The van der Waals surface area contributed by atoms with Crippen LogP contribution in [0.3, 0.4) is 0 Å². The minimum absolute atomic E-state index is 0.00461. The summed E-state index contributed by atoms with van der Waals surface area (Å²) in [4.78, 5) is 11.9. The van der Waals surface area contributed by atoms with E-state index in [1.165, 1.54) is 0 Å². The molecule has 0 spiro atoms. The van der Waals surface area contributed by atoms with E-state index in [1.807, 2.05) is 13.8 Å². The van der Waals surface area contributed by atoms with Crippen LogP contribution in [0.1, 0.15) is 26.7 Å². The van der Waals surface area contributed by atoms with Gasteiger partial charge in [0.1, 0.15) is 0 Å². The van der Waals surface area contributed by atoms with Crippen molar-refractivity contribution in [2.24, 2.45) is 0 Å². The first-order valence-electron chi connectivity index (χ1n) is 6.35. The summed E-state index contributed by atoms with van der Waals surface area (Å²) in [7, 11) is 0. The van der Waals surface area contributed by atoms with Crippen molar-refractivity contribution in [2.45, 2.75) is 44.4 Å². The first kappa shape index (κ1) is 12.8. The van der Waals surface area contributed by atoms with Crippen molar-refractivity contribution in [1.82, 2.24) is 10.6 Å². The molecule has 17 heavy (non-hydrogen) atoms. The number of hydrogen-bond donors (Lipinski definition) is 2. The lowest BCUT2D eigenvalue weighted by Gasteiger charge is -2.30. The molecule has 0 bridgehead atoms. The van der Waals surface area contributed by atoms with Gasteiger partial charge in [-0.25, -0.2) is 0 Å². The van der Waals surface area contributed by atoms with Gasteiger partial charge in [0.05, 0.1) is 30.8 Å². The maximum atomic E-state index is 11.9. The molecule has 2 aliphatic heterocycles. The van der Waals surface area contributed by atoms with Crippen LogP contribution in [-0.2, 0) is 14.3 Å². The molecule has 3 unspecified atom stereocenters. The Kier molecular flexibility index (Phi) is 4.01. The van der Waals surface area contributed by atoms with E-state index in [4.69, 9.17) is 9.47 Å². The number of nitrogens with one attached hydrogen (secondary N) is 2. The Morgan fingerprint density at radius 3 is 2.88 bits per heavy atom.